The molecule has 1 radical (unpaired) electrons. The molecule has 0 saturated heterocycles. The average molecular weight is 889 g/mol. The number of para-hydroxylation sites is 3. The minimum absolute atomic E-state index is 0. The maximum atomic E-state index is 7.26. The van der Waals surface area contributed by atoms with Crippen LogP contribution in [0.3, 0.4) is 0 Å². The molecular weight excluding hydrogens is 846 g/mol. The van der Waals surface area contributed by atoms with E-state index in [9.17, 15) is 0 Å². The van der Waals surface area contributed by atoms with Crippen LogP contribution in [0.4, 0.5) is 5.69 Å². The Morgan fingerprint density at radius 3 is 1.23 bits per heavy atom. The summed E-state index contributed by atoms with van der Waals surface area (Å²) in [6.45, 7) is 4.70. The van der Waals surface area contributed by atoms with Crippen LogP contribution >= 0.6 is 15.8 Å². The van der Waals surface area contributed by atoms with Gasteiger partial charge in [0, 0.05) is 58.8 Å². The van der Waals surface area contributed by atoms with Gasteiger partial charge in [-0.05, 0) is 54.8 Å². The van der Waals surface area contributed by atoms with Crippen LogP contribution in [0.25, 0.3) is 11.1 Å². The molecule has 9 rings (SSSR count). The van der Waals surface area contributed by atoms with E-state index in [-0.39, 0.29) is 38.2 Å². The first-order valence-corrected chi connectivity index (χ1v) is 21.3. The number of benzene rings is 8. The summed E-state index contributed by atoms with van der Waals surface area (Å²) >= 11 is 0. The Bertz CT molecular complexity index is 2290. The molecular formula is C51H42ClNOP2Pd-. The maximum absolute atomic E-state index is 7.26. The van der Waals surface area contributed by atoms with Crippen molar-refractivity contribution < 1.29 is 37.6 Å². The van der Waals surface area contributed by atoms with Gasteiger partial charge < -0.3 is 22.9 Å². The van der Waals surface area contributed by atoms with Crippen LogP contribution < -0.4 is 54.7 Å². The van der Waals surface area contributed by atoms with Crippen molar-refractivity contribution in [2.75, 3.05) is 5.73 Å². The summed E-state index contributed by atoms with van der Waals surface area (Å²) in [7, 11) is -1.65. The molecule has 1 aliphatic rings. The van der Waals surface area contributed by atoms with E-state index in [1.807, 2.05) is 48.5 Å². The number of rotatable bonds is 7. The number of nitrogens with two attached hydrogens (primary N) is 1. The molecule has 0 bridgehead atoms. The van der Waals surface area contributed by atoms with Gasteiger partial charge in [0.05, 0.1) is 0 Å². The Hall–Kier alpha value is -4.83. The molecule has 2 nitrogen and oxygen atoms in total. The monoisotopic (exact) mass is 887 g/mol. The fraction of sp³-hybridized carbons (Fsp3) is 0.0588. The molecule has 0 unspecified atom stereocenters. The van der Waals surface area contributed by atoms with E-state index in [2.05, 4.69) is 178 Å². The molecule has 6 heteroatoms. The minimum atomic E-state index is -0.824. The third kappa shape index (κ3) is 8.86. The Morgan fingerprint density at radius 1 is 0.456 bits per heavy atom. The largest absolute Gasteiger partial charge is 1.00 e. The van der Waals surface area contributed by atoms with Gasteiger partial charge in [-0.2, -0.15) is 0 Å². The second kappa shape index (κ2) is 19.1. The molecule has 0 aliphatic carbocycles. The fourth-order valence-electron chi connectivity index (χ4n) is 7.31. The van der Waals surface area contributed by atoms with Gasteiger partial charge in [0.2, 0.25) is 0 Å². The first-order valence-electron chi connectivity index (χ1n) is 18.6. The van der Waals surface area contributed by atoms with E-state index >= 15 is 0 Å². The van der Waals surface area contributed by atoms with Crippen LogP contribution in [0.1, 0.15) is 25.0 Å². The number of nitrogen functional groups attached to an aromatic ring is 1. The number of fused-ring (bicyclic) bond motifs is 2. The molecule has 0 spiro atoms. The Morgan fingerprint density at radius 2 is 0.842 bits per heavy atom. The van der Waals surface area contributed by atoms with E-state index < -0.39 is 15.8 Å². The van der Waals surface area contributed by atoms with Gasteiger partial charge >= 0.3 is 0 Å². The molecule has 0 fully saturated rings. The molecule has 8 aromatic carbocycles. The van der Waals surface area contributed by atoms with Gasteiger partial charge in [0.15, 0.2) is 0 Å². The molecule has 0 atom stereocenters. The second-order valence-corrected chi connectivity index (χ2v) is 18.3. The van der Waals surface area contributed by atoms with E-state index in [1.165, 1.54) is 43.0 Å². The molecule has 1 heterocycles. The summed E-state index contributed by atoms with van der Waals surface area (Å²) in [6, 6.07) is 75.9. The minimum Gasteiger partial charge on any atom is -1.00 e. The molecule has 57 heavy (non-hydrogen) atoms. The topological polar surface area (TPSA) is 35.2 Å². The second-order valence-electron chi connectivity index (χ2n) is 13.9. The Kier molecular flexibility index (Phi) is 14.0. The normalized spacial score (nSPS) is 12.1. The predicted octanol–water partition coefficient (Wildman–Crippen LogP) is 7.37. The molecule has 2 N–H and O–H groups in total. The quantitative estimate of drug-likeness (QED) is 0.103. The maximum Gasteiger partial charge on any atom is 0.139 e. The third-order valence-electron chi connectivity index (χ3n) is 10.0. The van der Waals surface area contributed by atoms with Crippen LogP contribution in [-0.2, 0) is 25.8 Å². The third-order valence-corrected chi connectivity index (χ3v) is 15.0. The molecule has 0 saturated carbocycles. The van der Waals surface area contributed by atoms with Crippen LogP contribution in [0, 0.1) is 6.07 Å². The number of ether oxygens (including phenoxy) is 1. The van der Waals surface area contributed by atoms with E-state index in [0.29, 0.717) is 0 Å². The van der Waals surface area contributed by atoms with Crippen molar-refractivity contribution in [3.05, 3.63) is 223 Å². The zero-order chi connectivity index (χ0) is 37.6. The van der Waals surface area contributed by atoms with Crippen LogP contribution in [0.2, 0.25) is 0 Å². The zero-order valence-corrected chi connectivity index (χ0v) is 35.8. The standard InChI is InChI=1S/C39H32OP2.C12H10N.ClH.Pd/c1-39(2)33-25-15-27-35(41(29-17-7-3-8-18-29)30-19-9-4-10-20-30)37(33)40-38-34(39)26-16-28-36(38)42(31-21-11-5-12-22-31)32-23-13-6-14-24-32;13-12-9-5-4-8-11(12)10-6-2-1-3-7-10;;/h3-28H,1-2H3;1-6,8-9H,13H2;1H;/p-1. The van der Waals surface area contributed by atoms with Crippen LogP contribution in [0.5, 0.6) is 11.5 Å². The number of anilines is 1. The molecule has 8 aromatic rings. The number of hydrogen-bond acceptors (Lipinski definition) is 2. The summed E-state index contributed by atoms with van der Waals surface area (Å²) in [5.74, 6) is 2.02. The molecule has 1 aliphatic heterocycles. The van der Waals surface area contributed by atoms with Crippen molar-refractivity contribution in [2.24, 2.45) is 0 Å². The van der Waals surface area contributed by atoms with Crippen molar-refractivity contribution in [1.82, 2.24) is 0 Å². The van der Waals surface area contributed by atoms with Gasteiger partial charge in [0.25, 0.3) is 0 Å². The van der Waals surface area contributed by atoms with Crippen molar-refractivity contribution in [3.8, 4) is 22.6 Å². The first kappa shape index (κ1) is 41.8. The first-order chi connectivity index (χ1) is 27.0. The SMILES string of the molecule is CC1(C)c2cccc(P(c3ccccc3)c3ccccc3)c2Oc2c(P(c3ccccc3)c3ccccc3)cccc21.Nc1ccccc1-c1[c]cccc1.[Cl-].[Pd]. The van der Waals surface area contributed by atoms with Gasteiger partial charge in [-0.25, -0.2) is 0 Å². The van der Waals surface area contributed by atoms with Gasteiger partial charge in [-0.15, -0.1) is 0 Å². The average Bonchev–Trinajstić information content (AvgIpc) is 3.24. The summed E-state index contributed by atoms with van der Waals surface area (Å²) in [4.78, 5) is 0. The van der Waals surface area contributed by atoms with Gasteiger partial charge in [0.1, 0.15) is 11.5 Å². The number of hydrogen-bond donors (Lipinski definition) is 1. The van der Waals surface area contributed by atoms with Crippen molar-refractivity contribution in [1.29, 1.82) is 0 Å². The summed E-state index contributed by atoms with van der Waals surface area (Å²) in [6.07, 6.45) is 0. The van der Waals surface area contributed by atoms with Crippen LogP contribution in [-0.4, -0.2) is 0 Å². The fourth-order valence-corrected chi connectivity index (χ4v) is 12.1. The Balaban J connectivity index is 0.000000312. The van der Waals surface area contributed by atoms with E-state index in [1.54, 1.807) is 0 Å². The summed E-state index contributed by atoms with van der Waals surface area (Å²) in [5.41, 5.74) is 11.0. The van der Waals surface area contributed by atoms with Crippen molar-refractivity contribution >= 4 is 53.4 Å². The van der Waals surface area contributed by atoms with Gasteiger partial charge in [-0.3, -0.25) is 0 Å². The molecule has 0 amide bonds. The predicted molar refractivity (Wildman–Crippen MR) is 238 cm³/mol. The van der Waals surface area contributed by atoms with E-state index in [0.717, 1.165) is 28.3 Å². The molecule has 0 aromatic heterocycles. The zero-order valence-electron chi connectivity index (χ0n) is 31.7. The summed E-state index contributed by atoms with van der Waals surface area (Å²) < 4.78 is 7.26. The summed E-state index contributed by atoms with van der Waals surface area (Å²) in [5, 5.41) is 7.81. The molecule has 285 valence electrons. The number of halogens is 1. The van der Waals surface area contributed by atoms with E-state index in [4.69, 9.17) is 10.5 Å². The van der Waals surface area contributed by atoms with Crippen molar-refractivity contribution in [3.63, 3.8) is 0 Å². The van der Waals surface area contributed by atoms with Crippen molar-refractivity contribution in [2.45, 2.75) is 19.3 Å². The van der Waals surface area contributed by atoms with Gasteiger partial charge in [-0.1, -0.05) is 214 Å². The Labute approximate surface area is 359 Å². The van der Waals surface area contributed by atoms with Crippen LogP contribution in [0.15, 0.2) is 206 Å². The smallest absolute Gasteiger partial charge is 0.139 e.